The van der Waals surface area contributed by atoms with E-state index in [2.05, 4.69) is 26.8 Å². The summed E-state index contributed by atoms with van der Waals surface area (Å²) in [4.78, 5) is 32.0. The molecule has 0 aliphatic carbocycles. The molecule has 1 atom stereocenters. The summed E-state index contributed by atoms with van der Waals surface area (Å²) >= 11 is 11.0. The molecule has 0 amide bonds. The maximum Gasteiger partial charge on any atom is 0.338 e. The lowest BCUT2D eigenvalue weighted by Crippen LogP contribution is -2.40. The number of fused-ring (bicyclic) bond motifs is 1. The Morgan fingerprint density at radius 2 is 1.98 bits per heavy atom. The molecule has 0 saturated heterocycles. The van der Waals surface area contributed by atoms with Crippen molar-refractivity contribution in [1.29, 1.82) is 0 Å². The van der Waals surface area contributed by atoms with Crippen LogP contribution in [0.3, 0.4) is 0 Å². The average molecular weight is 648 g/mol. The number of rotatable bonds is 8. The molecular formula is C28H24BrClN2O7S. The molecule has 1 aliphatic rings. The topological polar surface area (TPSA) is 109 Å². The van der Waals surface area contributed by atoms with Crippen molar-refractivity contribution < 1.29 is 28.8 Å². The number of nitrogens with zero attached hydrogens (tertiary/aromatic N) is 2. The van der Waals surface area contributed by atoms with Gasteiger partial charge in [0.05, 0.1) is 47.7 Å². The van der Waals surface area contributed by atoms with Gasteiger partial charge >= 0.3 is 5.97 Å². The maximum atomic E-state index is 13.9. The predicted octanol–water partition coefficient (Wildman–Crippen LogP) is 3.95. The first-order chi connectivity index (χ1) is 19.1. The minimum Gasteiger partial charge on any atom is -0.503 e. The van der Waals surface area contributed by atoms with Crippen LogP contribution in [-0.2, 0) is 9.53 Å². The number of esters is 1. The van der Waals surface area contributed by atoms with E-state index < -0.39 is 17.6 Å². The number of aromatic nitrogens is 1. The Bertz CT molecular complexity index is 1750. The minimum absolute atomic E-state index is 0.00231. The summed E-state index contributed by atoms with van der Waals surface area (Å²) in [6, 6.07) is 5.48. The van der Waals surface area contributed by atoms with Crippen LogP contribution in [-0.4, -0.2) is 43.1 Å². The third-order valence-electron chi connectivity index (χ3n) is 5.98. The highest BCUT2D eigenvalue weighted by Crippen LogP contribution is 2.40. The largest absolute Gasteiger partial charge is 0.503 e. The van der Waals surface area contributed by atoms with Gasteiger partial charge < -0.3 is 24.1 Å². The second kappa shape index (κ2) is 12.2. The van der Waals surface area contributed by atoms with E-state index in [9.17, 15) is 14.7 Å². The second-order valence-electron chi connectivity index (χ2n) is 8.37. The van der Waals surface area contributed by atoms with Gasteiger partial charge in [0.15, 0.2) is 27.8 Å². The van der Waals surface area contributed by atoms with Crippen LogP contribution in [0.4, 0.5) is 0 Å². The standard InChI is InChI=1S/C28H24BrClN2O7S/c1-6-8-39-20-13-17(29)15(10-19(20)36-4)12-22-26(34)32-24(16-9-18(30)25(33)21(11-16)37-5)23(27(35)38-7-2)14(3)31-28(32)40-22/h1,9-13,24,33H,7-8H2,2-5H3/b22-12+. The van der Waals surface area contributed by atoms with Crippen LogP contribution in [0.25, 0.3) is 6.08 Å². The molecule has 12 heteroatoms. The Morgan fingerprint density at radius 3 is 2.62 bits per heavy atom. The van der Waals surface area contributed by atoms with Gasteiger partial charge in [0.2, 0.25) is 0 Å². The summed E-state index contributed by atoms with van der Waals surface area (Å²) in [5, 5.41) is 10.3. The van der Waals surface area contributed by atoms with Crippen LogP contribution in [0.1, 0.15) is 31.0 Å². The number of hydrogen-bond acceptors (Lipinski definition) is 9. The molecule has 1 aliphatic heterocycles. The van der Waals surface area contributed by atoms with Gasteiger partial charge in [-0.15, -0.1) is 6.42 Å². The Morgan fingerprint density at radius 1 is 1.25 bits per heavy atom. The predicted molar refractivity (Wildman–Crippen MR) is 155 cm³/mol. The highest BCUT2D eigenvalue weighted by Gasteiger charge is 2.34. The van der Waals surface area contributed by atoms with E-state index >= 15 is 0 Å². The number of thiazole rings is 1. The highest BCUT2D eigenvalue weighted by atomic mass is 79.9. The Hall–Kier alpha value is -3.72. The van der Waals surface area contributed by atoms with Gasteiger partial charge in [0, 0.05) is 4.47 Å². The number of phenols is 1. The van der Waals surface area contributed by atoms with E-state index in [4.69, 9.17) is 37.0 Å². The van der Waals surface area contributed by atoms with Crippen molar-refractivity contribution in [3.8, 4) is 35.3 Å². The quantitative estimate of drug-likeness (QED) is 0.292. The Kier molecular flexibility index (Phi) is 8.93. The van der Waals surface area contributed by atoms with Crippen molar-refractivity contribution in [2.24, 2.45) is 4.99 Å². The summed E-state index contributed by atoms with van der Waals surface area (Å²) in [6.45, 7) is 3.55. The third-order valence-corrected chi connectivity index (χ3v) is 7.94. The molecule has 0 bridgehead atoms. The summed E-state index contributed by atoms with van der Waals surface area (Å²) in [6.07, 6.45) is 6.99. The van der Waals surface area contributed by atoms with Gasteiger partial charge in [0.1, 0.15) is 6.61 Å². The molecule has 1 N–H and O–H groups in total. The van der Waals surface area contributed by atoms with Gasteiger partial charge in [-0.2, -0.15) is 0 Å². The van der Waals surface area contributed by atoms with E-state index in [0.29, 0.717) is 42.1 Å². The number of carbonyl (C=O) groups excluding carboxylic acids is 1. The molecule has 0 fully saturated rings. The fourth-order valence-corrected chi connectivity index (χ4v) is 5.90. The number of allylic oxidation sites excluding steroid dienone is 1. The third kappa shape index (κ3) is 5.47. The van der Waals surface area contributed by atoms with Crippen molar-refractivity contribution >= 4 is 50.9 Å². The fourth-order valence-electron chi connectivity index (χ4n) is 4.21. The number of halogens is 2. The first kappa shape index (κ1) is 29.3. The smallest absolute Gasteiger partial charge is 0.338 e. The van der Waals surface area contributed by atoms with E-state index in [1.165, 1.54) is 30.9 Å². The molecule has 1 unspecified atom stereocenters. The number of hydrogen-bond donors (Lipinski definition) is 1. The molecule has 208 valence electrons. The first-order valence-corrected chi connectivity index (χ1v) is 13.8. The van der Waals surface area contributed by atoms with Gasteiger partial charge in [-0.3, -0.25) is 9.36 Å². The molecule has 0 spiro atoms. The average Bonchev–Trinajstić information content (AvgIpc) is 3.23. The molecule has 0 radical (unpaired) electrons. The number of aromatic hydroxyl groups is 1. The molecule has 40 heavy (non-hydrogen) atoms. The lowest BCUT2D eigenvalue weighted by atomic mass is 9.95. The van der Waals surface area contributed by atoms with E-state index in [1.54, 1.807) is 32.1 Å². The van der Waals surface area contributed by atoms with Gasteiger partial charge in [-0.05, 0) is 55.3 Å². The van der Waals surface area contributed by atoms with E-state index in [0.717, 1.165) is 11.3 Å². The van der Waals surface area contributed by atoms with Crippen LogP contribution in [0.5, 0.6) is 23.0 Å². The molecule has 4 rings (SSSR count). The lowest BCUT2D eigenvalue weighted by molar-refractivity contribution is -0.139. The summed E-state index contributed by atoms with van der Waals surface area (Å²) in [5.74, 6) is 2.49. The van der Waals surface area contributed by atoms with Crippen molar-refractivity contribution in [1.82, 2.24) is 4.57 Å². The van der Waals surface area contributed by atoms with Gasteiger partial charge in [-0.25, -0.2) is 9.79 Å². The molecule has 0 saturated carbocycles. The zero-order chi connectivity index (χ0) is 29.1. The van der Waals surface area contributed by atoms with Gasteiger partial charge in [0.25, 0.3) is 5.56 Å². The SMILES string of the molecule is C#CCOc1cc(Br)c(/C=c2/sc3n(c2=O)C(c2cc(Cl)c(O)c(OC)c2)C(C(=O)OCC)=C(C)N=3)cc1OC. The van der Waals surface area contributed by atoms with Crippen LogP contribution in [0.15, 0.2) is 49.8 Å². The van der Waals surface area contributed by atoms with E-state index in [1.807, 2.05) is 0 Å². The van der Waals surface area contributed by atoms with Crippen molar-refractivity contribution in [3.05, 3.63) is 75.8 Å². The molecule has 3 aromatic rings. The number of carbonyl (C=O) groups is 1. The van der Waals surface area contributed by atoms with Crippen LogP contribution in [0, 0.1) is 12.3 Å². The summed E-state index contributed by atoms with van der Waals surface area (Å²) < 4.78 is 24.0. The van der Waals surface area contributed by atoms with Crippen LogP contribution < -0.4 is 29.1 Å². The number of benzene rings is 2. The summed E-state index contributed by atoms with van der Waals surface area (Å²) in [7, 11) is 2.88. The number of phenolic OH excluding ortho intramolecular Hbond substituents is 1. The molecule has 1 aromatic heterocycles. The van der Waals surface area contributed by atoms with Crippen LogP contribution >= 0.6 is 38.9 Å². The normalized spacial score (nSPS) is 14.7. The number of terminal acetylenes is 1. The fraction of sp³-hybridized carbons (Fsp3) is 0.250. The number of ether oxygens (including phenoxy) is 4. The molecular weight excluding hydrogens is 624 g/mol. The zero-order valence-electron chi connectivity index (χ0n) is 21.9. The van der Waals surface area contributed by atoms with Crippen molar-refractivity contribution in [2.75, 3.05) is 27.4 Å². The molecule has 2 heterocycles. The van der Waals surface area contributed by atoms with Gasteiger partial charge in [-0.1, -0.05) is 44.8 Å². The summed E-state index contributed by atoms with van der Waals surface area (Å²) in [5.41, 5.74) is 1.23. The van der Waals surface area contributed by atoms with Crippen molar-refractivity contribution in [2.45, 2.75) is 19.9 Å². The van der Waals surface area contributed by atoms with E-state index in [-0.39, 0.29) is 35.3 Å². The Labute approximate surface area is 247 Å². The van der Waals surface area contributed by atoms with Crippen molar-refractivity contribution in [3.63, 3.8) is 0 Å². The van der Waals surface area contributed by atoms with Crippen LogP contribution in [0.2, 0.25) is 5.02 Å². The molecule has 2 aromatic carbocycles. The maximum absolute atomic E-state index is 13.9. The zero-order valence-corrected chi connectivity index (χ0v) is 25.1. The number of methoxy groups -OCH3 is 2. The second-order valence-corrected chi connectivity index (χ2v) is 10.6. The monoisotopic (exact) mass is 646 g/mol. The first-order valence-electron chi connectivity index (χ1n) is 11.8. The molecule has 9 nitrogen and oxygen atoms in total. The highest BCUT2D eigenvalue weighted by molar-refractivity contribution is 9.10. The minimum atomic E-state index is -0.943. The Balaban J connectivity index is 1.96. The lowest BCUT2D eigenvalue weighted by Gasteiger charge is -2.25.